The van der Waals surface area contributed by atoms with E-state index < -0.39 is 28.3 Å². The van der Waals surface area contributed by atoms with E-state index in [2.05, 4.69) is 10.3 Å². The monoisotopic (exact) mass is 579 g/mol. The van der Waals surface area contributed by atoms with Crippen molar-refractivity contribution in [2.24, 2.45) is 11.7 Å². The van der Waals surface area contributed by atoms with E-state index in [9.17, 15) is 22.6 Å². The van der Waals surface area contributed by atoms with Crippen LogP contribution >= 0.6 is 11.6 Å². The number of nitrogens with zero attached hydrogens (tertiary/aromatic N) is 3. The average molecular weight is 580 g/mol. The molecular formula is C26H28ClF2N5O4S. The van der Waals surface area contributed by atoms with Crippen LogP contribution in [-0.4, -0.2) is 64.0 Å². The Morgan fingerprint density at radius 1 is 1.21 bits per heavy atom. The fourth-order valence-corrected chi connectivity index (χ4v) is 5.74. The maximum atomic E-state index is 14.8. The molecule has 9 nitrogen and oxygen atoms in total. The number of aromatic nitrogens is 2. The second kappa shape index (κ2) is 13.9. The maximum Gasteiger partial charge on any atom is 0.236 e. The first-order chi connectivity index (χ1) is 18.7. The van der Waals surface area contributed by atoms with Gasteiger partial charge in [0.15, 0.2) is 17.9 Å². The minimum atomic E-state index is -0.862. The van der Waals surface area contributed by atoms with Gasteiger partial charge in [0.2, 0.25) is 12.3 Å². The molecule has 0 spiro atoms. The van der Waals surface area contributed by atoms with Crippen LogP contribution in [0.15, 0.2) is 42.5 Å². The molecule has 2 amide bonds. The van der Waals surface area contributed by atoms with Gasteiger partial charge in [-0.05, 0) is 55.2 Å². The van der Waals surface area contributed by atoms with Crippen molar-refractivity contribution in [1.82, 2.24) is 14.9 Å². The van der Waals surface area contributed by atoms with Crippen molar-refractivity contribution in [1.29, 1.82) is 0 Å². The van der Waals surface area contributed by atoms with Gasteiger partial charge in [-0.1, -0.05) is 11.6 Å². The van der Waals surface area contributed by atoms with Crippen LogP contribution in [0.1, 0.15) is 23.3 Å². The predicted octanol–water partition coefficient (Wildman–Crippen LogP) is 3.10. The molecule has 4 rings (SSSR count). The highest BCUT2D eigenvalue weighted by molar-refractivity contribution is 7.85. The molecule has 0 atom stereocenters. The van der Waals surface area contributed by atoms with Crippen molar-refractivity contribution in [2.75, 3.05) is 36.5 Å². The number of hydrogen-bond acceptors (Lipinski definition) is 6. The summed E-state index contributed by atoms with van der Waals surface area (Å²) in [5.41, 5.74) is 6.03. The topological polar surface area (TPSA) is 127 Å². The summed E-state index contributed by atoms with van der Waals surface area (Å²) in [6.07, 6.45) is 2.58. The van der Waals surface area contributed by atoms with E-state index in [0.717, 1.165) is 12.1 Å². The molecule has 1 fully saturated rings. The Morgan fingerprint density at radius 2 is 1.85 bits per heavy atom. The van der Waals surface area contributed by atoms with Crippen molar-refractivity contribution in [3.8, 4) is 17.1 Å². The van der Waals surface area contributed by atoms with E-state index in [4.69, 9.17) is 22.1 Å². The van der Waals surface area contributed by atoms with Gasteiger partial charge < -0.3 is 16.0 Å². The third kappa shape index (κ3) is 7.70. The van der Waals surface area contributed by atoms with Crippen LogP contribution in [0, 0.1) is 17.6 Å². The maximum absolute atomic E-state index is 14.8. The molecule has 1 aliphatic heterocycles. The minimum Gasteiger partial charge on any atom is -0.368 e. The number of aldehydes is 1. The molecule has 1 aromatic heterocycles. The summed E-state index contributed by atoms with van der Waals surface area (Å²) in [6.45, 7) is 0.132. The Labute approximate surface area is 231 Å². The third-order valence-electron chi connectivity index (χ3n) is 6.01. The molecule has 3 N–H and O–H groups in total. The van der Waals surface area contributed by atoms with Gasteiger partial charge in [0.1, 0.15) is 17.3 Å². The number of amides is 2. The normalized spacial score (nSPS) is 16.5. The van der Waals surface area contributed by atoms with E-state index in [1.54, 1.807) is 36.2 Å². The summed E-state index contributed by atoms with van der Waals surface area (Å²) in [5, 5.41) is 2.71. The molecule has 0 radical (unpaired) electrons. The van der Waals surface area contributed by atoms with Gasteiger partial charge >= 0.3 is 0 Å². The smallest absolute Gasteiger partial charge is 0.236 e. The zero-order chi connectivity index (χ0) is 28.5. The number of rotatable bonds is 9. The molecule has 39 heavy (non-hydrogen) atoms. The van der Waals surface area contributed by atoms with Crippen molar-refractivity contribution in [2.45, 2.75) is 12.8 Å². The molecule has 1 aliphatic rings. The SMILES string of the molecule is CNC=O.NC(=O)CN(CC1CCS(=O)CC1)c1nc(-c2ccc(F)cc2F)n(-c2ccc(Cl)cc2)c1C=O. The first-order valence-corrected chi connectivity index (χ1v) is 13.8. The third-order valence-corrected chi connectivity index (χ3v) is 7.65. The Bertz CT molecular complexity index is 1340. The number of carbonyl (C=O) groups excluding carboxylic acids is 3. The van der Waals surface area contributed by atoms with Gasteiger partial charge in [0.05, 0.1) is 12.1 Å². The Hall–Kier alpha value is -3.64. The Kier molecular flexibility index (Phi) is 10.7. The lowest BCUT2D eigenvalue weighted by Crippen LogP contribution is -2.39. The van der Waals surface area contributed by atoms with E-state index in [1.807, 2.05) is 0 Å². The lowest BCUT2D eigenvalue weighted by Gasteiger charge is -2.29. The molecule has 0 saturated carbocycles. The van der Waals surface area contributed by atoms with Gasteiger partial charge in [-0.2, -0.15) is 0 Å². The summed E-state index contributed by atoms with van der Waals surface area (Å²) in [7, 11) is 0.700. The molecule has 13 heteroatoms. The van der Waals surface area contributed by atoms with Crippen molar-refractivity contribution >= 4 is 46.8 Å². The summed E-state index contributed by atoms with van der Waals surface area (Å²) < 4.78 is 41.7. The van der Waals surface area contributed by atoms with E-state index >= 15 is 0 Å². The molecule has 2 aromatic carbocycles. The molecular weight excluding hydrogens is 552 g/mol. The molecule has 0 bridgehead atoms. The number of nitrogens with two attached hydrogens (primary N) is 1. The van der Waals surface area contributed by atoms with Crippen LogP contribution < -0.4 is 16.0 Å². The van der Waals surface area contributed by atoms with Crippen molar-refractivity contribution in [3.63, 3.8) is 0 Å². The molecule has 1 saturated heterocycles. The number of anilines is 1. The highest BCUT2D eigenvalue weighted by Crippen LogP contribution is 2.33. The first-order valence-electron chi connectivity index (χ1n) is 12.0. The van der Waals surface area contributed by atoms with Crippen molar-refractivity contribution < 1.29 is 27.4 Å². The Balaban J connectivity index is 0.000000983. The highest BCUT2D eigenvalue weighted by Gasteiger charge is 2.28. The van der Waals surface area contributed by atoms with Gasteiger partial charge in [-0.15, -0.1) is 0 Å². The molecule has 0 unspecified atom stereocenters. The number of nitrogens with one attached hydrogen (secondary N) is 1. The predicted molar refractivity (Wildman–Crippen MR) is 146 cm³/mol. The summed E-state index contributed by atoms with van der Waals surface area (Å²) in [6, 6.07) is 9.58. The number of carbonyl (C=O) groups is 3. The largest absolute Gasteiger partial charge is 0.368 e. The standard InChI is InChI=1S/C24H23ClF2N4O3S.C2H5NO/c25-16-1-4-18(5-2-16)31-21(14-32)24(29-23(31)19-6-3-17(26)11-20(19)27)30(13-22(28)33)12-15-7-9-35(34)10-8-15;1-3-2-4/h1-6,11,14-15H,7-10,12-13H2,(H2,28,33);2H,1H3,(H,3,4). The van der Waals surface area contributed by atoms with Gasteiger partial charge in [-0.3, -0.25) is 23.2 Å². The van der Waals surface area contributed by atoms with Crippen LogP contribution in [0.25, 0.3) is 17.1 Å². The number of imidazole rings is 1. The molecule has 3 aromatic rings. The molecule has 208 valence electrons. The van der Waals surface area contributed by atoms with E-state index in [1.165, 1.54) is 10.6 Å². The Morgan fingerprint density at radius 3 is 2.38 bits per heavy atom. The molecule has 2 heterocycles. The first kappa shape index (κ1) is 29.9. The zero-order valence-corrected chi connectivity index (χ0v) is 22.7. The number of hydrogen-bond donors (Lipinski definition) is 2. The van der Waals surface area contributed by atoms with Crippen LogP contribution in [-0.2, 0) is 20.4 Å². The lowest BCUT2D eigenvalue weighted by atomic mass is 10.0. The van der Waals surface area contributed by atoms with Gasteiger partial charge in [-0.25, -0.2) is 13.8 Å². The van der Waals surface area contributed by atoms with Gasteiger partial charge in [0, 0.05) is 52.7 Å². The van der Waals surface area contributed by atoms with Crippen molar-refractivity contribution in [3.05, 3.63) is 64.8 Å². The average Bonchev–Trinajstić information content (AvgIpc) is 3.29. The quantitative estimate of drug-likeness (QED) is 0.375. The van der Waals surface area contributed by atoms with Gasteiger partial charge in [0.25, 0.3) is 0 Å². The fraction of sp³-hybridized carbons (Fsp3) is 0.308. The van der Waals surface area contributed by atoms with Crippen LogP contribution in [0.4, 0.5) is 14.6 Å². The minimum absolute atomic E-state index is 0.0252. The fourth-order valence-electron chi connectivity index (χ4n) is 4.21. The highest BCUT2D eigenvalue weighted by atomic mass is 35.5. The van der Waals surface area contributed by atoms with E-state index in [0.29, 0.717) is 54.3 Å². The number of benzene rings is 2. The number of halogens is 3. The summed E-state index contributed by atoms with van der Waals surface area (Å²) in [4.78, 5) is 39.5. The summed E-state index contributed by atoms with van der Waals surface area (Å²) in [5.74, 6) is -0.806. The molecule has 0 aliphatic carbocycles. The van der Waals surface area contributed by atoms with Crippen LogP contribution in [0.2, 0.25) is 5.02 Å². The second-order valence-corrected chi connectivity index (χ2v) is 10.9. The van der Waals surface area contributed by atoms with E-state index in [-0.39, 0.29) is 35.4 Å². The van der Waals surface area contributed by atoms with Crippen LogP contribution in [0.5, 0.6) is 0 Å². The lowest BCUT2D eigenvalue weighted by molar-refractivity contribution is -0.116. The second-order valence-electron chi connectivity index (χ2n) is 8.74. The summed E-state index contributed by atoms with van der Waals surface area (Å²) >= 11 is 6.03. The van der Waals surface area contributed by atoms with Crippen LogP contribution in [0.3, 0.4) is 0 Å². The number of primary amides is 1. The zero-order valence-electron chi connectivity index (χ0n) is 21.1.